The fourth-order valence-corrected chi connectivity index (χ4v) is 3.41. The monoisotopic (exact) mass is 349 g/mol. The Balaban J connectivity index is 2.20. The van der Waals surface area contributed by atoms with Crippen LogP contribution in [0.1, 0.15) is 59.8 Å². The Hall–Kier alpha value is -2.88. The lowest BCUT2D eigenvalue weighted by Gasteiger charge is -2.18. The van der Waals surface area contributed by atoms with Gasteiger partial charge in [-0.05, 0) is 23.5 Å². The SMILES string of the molecule is CC(C)c1cccc2c(C(=O)O)c(O)c(C(C)Cc3ccccc3)nc12. The number of carboxylic acids is 1. The molecule has 0 saturated carbocycles. The van der Waals surface area contributed by atoms with Crippen LogP contribution in [0.15, 0.2) is 48.5 Å². The Morgan fingerprint density at radius 3 is 2.35 bits per heavy atom. The first-order valence-corrected chi connectivity index (χ1v) is 8.82. The molecule has 0 spiro atoms. The minimum Gasteiger partial charge on any atom is -0.505 e. The van der Waals surface area contributed by atoms with Crippen LogP contribution >= 0.6 is 0 Å². The second kappa shape index (κ2) is 7.16. The lowest BCUT2D eigenvalue weighted by Crippen LogP contribution is -2.09. The van der Waals surface area contributed by atoms with E-state index in [4.69, 9.17) is 4.98 Å². The molecule has 0 aliphatic heterocycles. The van der Waals surface area contributed by atoms with Gasteiger partial charge in [-0.2, -0.15) is 0 Å². The molecule has 2 aromatic carbocycles. The van der Waals surface area contributed by atoms with Gasteiger partial charge in [-0.25, -0.2) is 9.78 Å². The number of aromatic nitrogens is 1. The van der Waals surface area contributed by atoms with Gasteiger partial charge < -0.3 is 10.2 Å². The zero-order chi connectivity index (χ0) is 18.8. The van der Waals surface area contributed by atoms with E-state index in [1.54, 1.807) is 6.07 Å². The fourth-order valence-electron chi connectivity index (χ4n) is 3.41. The molecule has 1 aromatic heterocycles. The standard InChI is InChI=1S/C22H23NO3/c1-13(2)16-10-7-11-17-18(22(25)26)21(24)19(23-20(16)17)14(3)12-15-8-5-4-6-9-15/h4-11,13-14,24H,12H2,1-3H3,(H,25,26). The van der Waals surface area contributed by atoms with Crippen molar-refractivity contribution in [1.29, 1.82) is 0 Å². The summed E-state index contributed by atoms with van der Waals surface area (Å²) < 4.78 is 0. The number of fused-ring (bicyclic) bond motifs is 1. The molecule has 0 aliphatic rings. The highest BCUT2D eigenvalue weighted by Gasteiger charge is 2.24. The lowest BCUT2D eigenvalue weighted by atomic mass is 9.92. The van der Waals surface area contributed by atoms with Gasteiger partial charge in [-0.3, -0.25) is 0 Å². The highest BCUT2D eigenvalue weighted by Crippen LogP contribution is 2.36. The van der Waals surface area contributed by atoms with E-state index < -0.39 is 5.97 Å². The highest BCUT2D eigenvalue weighted by molar-refractivity contribution is 6.06. The van der Waals surface area contributed by atoms with Crippen LogP contribution in [0.2, 0.25) is 0 Å². The van der Waals surface area contributed by atoms with Crippen molar-refractivity contribution >= 4 is 16.9 Å². The predicted octanol–water partition coefficient (Wildman–Crippen LogP) is 5.11. The number of hydrogen-bond donors (Lipinski definition) is 2. The number of nitrogens with zero attached hydrogens (tertiary/aromatic N) is 1. The summed E-state index contributed by atoms with van der Waals surface area (Å²) in [5.74, 6) is -1.27. The number of rotatable bonds is 5. The van der Waals surface area contributed by atoms with Gasteiger partial charge >= 0.3 is 5.97 Å². The summed E-state index contributed by atoms with van der Waals surface area (Å²) in [6, 6.07) is 15.4. The van der Waals surface area contributed by atoms with Crippen molar-refractivity contribution in [1.82, 2.24) is 4.98 Å². The first-order valence-electron chi connectivity index (χ1n) is 8.82. The average molecular weight is 349 g/mol. The second-order valence-electron chi connectivity index (χ2n) is 7.01. The smallest absolute Gasteiger partial charge is 0.340 e. The Labute approximate surface area is 153 Å². The summed E-state index contributed by atoms with van der Waals surface area (Å²) >= 11 is 0. The number of benzene rings is 2. The number of carbonyl (C=O) groups is 1. The predicted molar refractivity (Wildman–Crippen MR) is 103 cm³/mol. The minimum absolute atomic E-state index is 0.0626. The Kier molecular flexibility index (Phi) is 4.94. The van der Waals surface area contributed by atoms with Crippen LogP contribution in [0.3, 0.4) is 0 Å². The van der Waals surface area contributed by atoms with Crippen molar-refractivity contribution in [3.8, 4) is 5.75 Å². The van der Waals surface area contributed by atoms with Crippen LogP contribution in [0, 0.1) is 0 Å². The molecule has 0 radical (unpaired) electrons. The molecule has 3 aromatic rings. The van der Waals surface area contributed by atoms with E-state index in [2.05, 4.69) is 13.8 Å². The quantitative estimate of drug-likeness (QED) is 0.671. The van der Waals surface area contributed by atoms with E-state index in [0.29, 0.717) is 23.0 Å². The molecule has 2 N–H and O–H groups in total. The van der Waals surface area contributed by atoms with Gasteiger partial charge in [0, 0.05) is 11.3 Å². The molecular weight excluding hydrogens is 326 g/mol. The van der Waals surface area contributed by atoms with Crippen molar-refractivity contribution in [2.75, 3.05) is 0 Å². The van der Waals surface area contributed by atoms with E-state index in [0.717, 1.165) is 11.1 Å². The van der Waals surface area contributed by atoms with E-state index in [1.165, 1.54) is 0 Å². The molecule has 1 unspecified atom stereocenters. The van der Waals surface area contributed by atoms with Gasteiger partial charge in [0.25, 0.3) is 0 Å². The molecule has 3 rings (SSSR count). The number of aromatic carboxylic acids is 1. The molecule has 1 heterocycles. The Morgan fingerprint density at radius 2 is 1.73 bits per heavy atom. The third-order valence-electron chi connectivity index (χ3n) is 4.74. The average Bonchev–Trinajstić information content (AvgIpc) is 2.60. The van der Waals surface area contributed by atoms with Gasteiger partial charge in [0.15, 0.2) is 5.75 Å². The van der Waals surface area contributed by atoms with Crippen molar-refractivity contribution < 1.29 is 15.0 Å². The van der Waals surface area contributed by atoms with Gasteiger partial charge in [-0.1, -0.05) is 69.3 Å². The Bertz CT molecular complexity index is 949. The molecule has 4 heteroatoms. The first-order chi connectivity index (χ1) is 12.4. The molecule has 1 atom stereocenters. The number of para-hydroxylation sites is 1. The molecule has 4 nitrogen and oxygen atoms in total. The number of aromatic hydroxyl groups is 1. The van der Waals surface area contributed by atoms with Gasteiger partial charge in [0.1, 0.15) is 5.56 Å². The number of hydrogen-bond acceptors (Lipinski definition) is 3. The first kappa shape index (κ1) is 17.9. The maximum Gasteiger partial charge on any atom is 0.340 e. The van der Waals surface area contributed by atoms with Crippen molar-refractivity contribution in [2.24, 2.45) is 0 Å². The number of pyridine rings is 1. The van der Waals surface area contributed by atoms with Crippen molar-refractivity contribution in [2.45, 2.75) is 39.0 Å². The van der Waals surface area contributed by atoms with Crippen LogP contribution in [-0.2, 0) is 6.42 Å². The summed E-state index contributed by atoms with van der Waals surface area (Å²) in [5, 5.41) is 20.9. The molecule has 0 amide bonds. The molecule has 0 fully saturated rings. The summed E-state index contributed by atoms with van der Waals surface area (Å²) in [6.07, 6.45) is 0.676. The van der Waals surface area contributed by atoms with Crippen LogP contribution in [0.5, 0.6) is 5.75 Å². The maximum atomic E-state index is 11.9. The Morgan fingerprint density at radius 1 is 1.04 bits per heavy atom. The van der Waals surface area contributed by atoms with E-state index in [1.807, 2.05) is 49.4 Å². The molecule has 0 bridgehead atoms. The molecular formula is C22H23NO3. The number of carboxylic acid groups (broad SMARTS) is 1. The van der Waals surface area contributed by atoms with E-state index >= 15 is 0 Å². The zero-order valence-electron chi connectivity index (χ0n) is 15.2. The van der Waals surface area contributed by atoms with Crippen LogP contribution in [-0.4, -0.2) is 21.2 Å². The molecule has 0 aliphatic carbocycles. The van der Waals surface area contributed by atoms with Crippen LogP contribution in [0.4, 0.5) is 0 Å². The molecule has 0 saturated heterocycles. The summed E-state index contributed by atoms with van der Waals surface area (Å²) in [7, 11) is 0. The third-order valence-corrected chi connectivity index (χ3v) is 4.74. The van der Waals surface area contributed by atoms with E-state index in [9.17, 15) is 15.0 Å². The minimum atomic E-state index is -1.14. The second-order valence-corrected chi connectivity index (χ2v) is 7.01. The fraction of sp³-hybridized carbons (Fsp3) is 0.273. The normalized spacial score (nSPS) is 12.5. The van der Waals surface area contributed by atoms with Crippen LogP contribution < -0.4 is 0 Å². The maximum absolute atomic E-state index is 11.9. The van der Waals surface area contributed by atoms with Crippen molar-refractivity contribution in [3.05, 3.63) is 70.9 Å². The lowest BCUT2D eigenvalue weighted by molar-refractivity contribution is 0.0695. The highest BCUT2D eigenvalue weighted by atomic mass is 16.4. The topological polar surface area (TPSA) is 70.4 Å². The van der Waals surface area contributed by atoms with Crippen LogP contribution in [0.25, 0.3) is 10.9 Å². The van der Waals surface area contributed by atoms with Crippen molar-refractivity contribution in [3.63, 3.8) is 0 Å². The largest absolute Gasteiger partial charge is 0.505 e. The van der Waals surface area contributed by atoms with Gasteiger partial charge in [-0.15, -0.1) is 0 Å². The molecule has 134 valence electrons. The van der Waals surface area contributed by atoms with Gasteiger partial charge in [0.05, 0.1) is 11.2 Å². The van der Waals surface area contributed by atoms with Gasteiger partial charge in [0.2, 0.25) is 0 Å². The zero-order valence-corrected chi connectivity index (χ0v) is 15.2. The summed E-state index contributed by atoms with van der Waals surface area (Å²) in [6.45, 7) is 6.07. The summed E-state index contributed by atoms with van der Waals surface area (Å²) in [5.41, 5.74) is 3.14. The molecule has 26 heavy (non-hydrogen) atoms. The third kappa shape index (κ3) is 3.27. The summed E-state index contributed by atoms with van der Waals surface area (Å²) in [4.78, 5) is 16.6. The van der Waals surface area contributed by atoms with E-state index in [-0.39, 0.29) is 23.1 Å².